The van der Waals surface area contributed by atoms with E-state index in [0.29, 0.717) is 17.3 Å². The Morgan fingerprint density at radius 1 is 1.50 bits per heavy atom. The first-order chi connectivity index (χ1) is 8.58. The largest absolute Gasteiger partial charge is 0.351 e. The van der Waals surface area contributed by atoms with Crippen molar-refractivity contribution in [2.45, 2.75) is 20.3 Å². The second-order valence-corrected chi connectivity index (χ2v) is 4.54. The van der Waals surface area contributed by atoms with Gasteiger partial charge in [0.05, 0.1) is 5.02 Å². The van der Waals surface area contributed by atoms with Gasteiger partial charge in [0.2, 0.25) is 0 Å². The average Bonchev–Trinajstić information content (AvgIpc) is 2.68. The van der Waals surface area contributed by atoms with Crippen molar-refractivity contribution in [2.75, 3.05) is 26.2 Å². The molecule has 6 heteroatoms. The Morgan fingerprint density at radius 3 is 2.67 bits per heavy atom. The smallest absolute Gasteiger partial charge is 0.273 e. The van der Waals surface area contributed by atoms with E-state index < -0.39 is 0 Å². The Kier molecular flexibility index (Phi) is 6.15. The zero-order valence-electron chi connectivity index (χ0n) is 11.2. The van der Waals surface area contributed by atoms with E-state index in [2.05, 4.69) is 29.2 Å². The summed E-state index contributed by atoms with van der Waals surface area (Å²) in [7, 11) is 1.74. The van der Waals surface area contributed by atoms with E-state index in [1.54, 1.807) is 13.2 Å². The third-order valence-corrected chi connectivity index (χ3v) is 3.11. The molecule has 0 atom stereocenters. The number of carbonyl (C=O) groups excluding carboxylic acids is 1. The summed E-state index contributed by atoms with van der Waals surface area (Å²) in [6.45, 7) is 7.98. The zero-order chi connectivity index (χ0) is 13.5. The van der Waals surface area contributed by atoms with Gasteiger partial charge in [-0.1, -0.05) is 25.4 Å². The topological polar surface area (TPSA) is 50.2 Å². The molecule has 1 aromatic rings. The molecule has 18 heavy (non-hydrogen) atoms. The Balaban J connectivity index is 2.32. The maximum Gasteiger partial charge on any atom is 0.273 e. The van der Waals surface area contributed by atoms with Crippen LogP contribution in [0.4, 0.5) is 0 Å². The van der Waals surface area contributed by atoms with Crippen molar-refractivity contribution < 1.29 is 4.79 Å². The standard InChI is InChI=1S/C12H21ClN4O/c1-4-17(5-2)8-6-7-14-12(18)11-10(13)9-16(3)15-11/h9H,4-8H2,1-3H3,(H,14,18). The lowest BCUT2D eigenvalue weighted by molar-refractivity contribution is 0.0946. The molecule has 0 aromatic carbocycles. The first-order valence-electron chi connectivity index (χ1n) is 6.28. The van der Waals surface area contributed by atoms with Gasteiger partial charge in [-0.25, -0.2) is 0 Å². The van der Waals surface area contributed by atoms with E-state index in [1.807, 2.05) is 0 Å². The number of nitrogens with one attached hydrogen (secondary N) is 1. The van der Waals surface area contributed by atoms with Crippen molar-refractivity contribution in [1.29, 1.82) is 0 Å². The van der Waals surface area contributed by atoms with Gasteiger partial charge in [0.1, 0.15) is 0 Å². The Hall–Kier alpha value is -1.07. The van der Waals surface area contributed by atoms with Crippen molar-refractivity contribution in [2.24, 2.45) is 7.05 Å². The molecule has 1 heterocycles. The molecule has 0 aliphatic rings. The molecule has 0 saturated carbocycles. The highest BCUT2D eigenvalue weighted by atomic mass is 35.5. The number of hydrogen-bond acceptors (Lipinski definition) is 3. The molecule has 0 aliphatic carbocycles. The highest BCUT2D eigenvalue weighted by Gasteiger charge is 2.13. The van der Waals surface area contributed by atoms with Crippen molar-refractivity contribution in [1.82, 2.24) is 20.0 Å². The average molecular weight is 273 g/mol. The lowest BCUT2D eigenvalue weighted by Gasteiger charge is -2.17. The van der Waals surface area contributed by atoms with Crippen LogP contribution in [-0.4, -0.2) is 46.8 Å². The van der Waals surface area contributed by atoms with Crippen LogP contribution in [0.1, 0.15) is 30.8 Å². The normalized spacial score (nSPS) is 10.9. The van der Waals surface area contributed by atoms with Crippen molar-refractivity contribution in [3.8, 4) is 0 Å². The maximum absolute atomic E-state index is 11.8. The van der Waals surface area contributed by atoms with E-state index in [-0.39, 0.29) is 5.91 Å². The molecule has 0 fully saturated rings. The number of hydrogen-bond donors (Lipinski definition) is 1. The number of nitrogens with zero attached hydrogens (tertiary/aromatic N) is 3. The number of halogens is 1. The Labute approximate surface area is 113 Å². The van der Waals surface area contributed by atoms with Crippen molar-refractivity contribution in [3.63, 3.8) is 0 Å². The van der Waals surface area contributed by atoms with E-state index in [1.165, 1.54) is 4.68 Å². The second-order valence-electron chi connectivity index (χ2n) is 4.14. The first-order valence-corrected chi connectivity index (χ1v) is 6.66. The molecule has 1 amide bonds. The third kappa shape index (κ3) is 4.31. The monoisotopic (exact) mass is 272 g/mol. The van der Waals surface area contributed by atoms with Crippen molar-refractivity contribution >= 4 is 17.5 Å². The number of aryl methyl sites for hydroxylation is 1. The van der Waals surface area contributed by atoms with Gasteiger partial charge in [0.25, 0.3) is 5.91 Å². The molecule has 5 nitrogen and oxygen atoms in total. The van der Waals surface area contributed by atoms with Gasteiger partial charge in [-0.15, -0.1) is 0 Å². The van der Waals surface area contributed by atoms with Gasteiger partial charge in [-0.3, -0.25) is 9.48 Å². The van der Waals surface area contributed by atoms with Crippen LogP contribution < -0.4 is 5.32 Å². The minimum absolute atomic E-state index is 0.208. The molecule has 0 saturated heterocycles. The minimum Gasteiger partial charge on any atom is -0.351 e. The molecule has 1 aromatic heterocycles. The summed E-state index contributed by atoms with van der Waals surface area (Å²) in [6.07, 6.45) is 2.55. The van der Waals surface area contributed by atoms with E-state index in [4.69, 9.17) is 11.6 Å². The van der Waals surface area contributed by atoms with Crippen molar-refractivity contribution in [3.05, 3.63) is 16.9 Å². The van der Waals surface area contributed by atoms with Gasteiger partial charge < -0.3 is 10.2 Å². The molecule has 102 valence electrons. The highest BCUT2D eigenvalue weighted by molar-refractivity contribution is 6.33. The predicted molar refractivity (Wildman–Crippen MR) is 73.0 cm³/mol. The van der Waals surface area contributed by atoms with Gasteiger partial charge in [0, 0.05) is 19.8 Å². The summed E-state index contributed by atoms with van der Waals surface area (Å²) < 4.78 is 1.53. The summed E-state index contributed by atoms with van der Waals surface area (Å²) in [6, 6.07) is 0. The number of amides is 1. The van der Waals surface area contributed by atoms with Crippen LogP contribution in [-0.2, 0) is 7.05 Å². The highest BCUT2D eigenvalue weighted by Crippen LogP contribution is 2.12. The first kappa shape index (κ1) is 15.0. The summed E-state index contributed by atoms with van der Waals surface area (Å²) in [4.78, 5) is 14.1. The molecule has 0 radical (unpaired) electrons. The molecular formula is C12H21ClN4O. The summed E-state index contributed by atoms with van der Waals surface area (Å²) in [5, 5.41) is 7.24. The SMILES string of the molecule is CCN(CC)CCCNC(=O)c1nn(C)cc1Cl. The van der Waals surface area contributed by atoms with Crippen LogP contribution in [0.5, 0.6) is 0 Å². The predicted octanol–water partition coefficient (Wildman–Crippen LogP) is 1.54. The Bertz CT molecular complexity index is 387. The fourth-order valence-corrected chi connectivity index (χ4v) is 2.01. The fraction of sp³-hybridized carbons (Fsp3) is 0.667. The van der Waals surface area contributed by atoms with Gasteiger partial charge in [-0.2, -0.15) is 5.10 Å². The van der Waals surface area contributed by atoms with Crippen LogP contribution in [0, 0.1) is 0 Å². The van der Waals surface area contributed by atoms with Crippen LogP contribution >= 0.6 is 11.6 Å². The quantitative estimate of drug-likeness (QED) is 0.766. The molecule has 0 aliphatic heterocycles. The van der Waals surface area contributed by atoms with E-state index in [9.17, 15) is 4.79 Å². The van der Waals surface area contributed by atoms with Crippen LogP contribution in [0.15, 0.2) is 6.20 Å². The van der Waals surface area contributed by atoms with Gasteiger partial charge in [-0.05, 0) is 26.1 Å². The number of rotatable bonds is 7. The lowest BCUT2D eigenvalue weighted by atomic mass is 10.3. The minimum atomic E-state index is -0.208. The maximum atomic E-state index is 11.8. The van der Waals surface area contributed by atoms with Gasteiger partial charge >= 0.3 is 0 Å². The molecule has 0 bridgehead atoms. The van der Waals surface area contributed by atoms with Crippen LogP contribution in [0.25, 0.3) is 0 Å². The van der Waals surface area contributed by atoms with Crippen LogP contribution in [0.3, 0.4) is 0 Å². The number of aromatic nitrogens is 2. The summed E-state index contributed by atoms with van der Waals surface area (Å²) in [5.41, 5.74) is 0.294. The third-order valence-electron chi connectivity index (χ3n) is 2.83. The fourth-order valence-electron chi connectivity index (χ4n) is 1.74. The van der Waals surface area contributed by atoms with Gasteiger partial charge in [0.15, 0.2) is 5.69 Å². The molecule has 1 N–H and O–H groups in total. The molecular weight excluding hydrogens is 252 g/mol. The lowest BCUT2D eigenvalue weighted by Crippen LogP contribution is -2.30. The number of carbonyl (C=O) groups is 1. The Morgan fingerprint density at radius 2 is 2.17 bits per heavy atom. The van der Waals surface area contributed by atoms with E-state index in [0.717, 1.165) is 26.1 Å². The second kappa shape index (κ2) is 7.38. The van der Waals surface area contributed by atoms with E-state index >= 15 is 0 Å². The molecule has 0 spiro atoms. The van der Waals surface area contributed by atoms with Crippen LogP contribution in [0.2, 0.25) is 5.02 Å². The molecule has 1 rings (SSSR count). The summed E-state index contributed by atoms with van der Waals surface area (Å²) >= 11 is 5.90. The molecule has 0 unspecified atom stereocenters. The zero-order valence-corrected chi connectivity index (χ0v) is 12.0. The summed E-state index contributed by atoms with van der Waals surface area (Å²) in [5.74, 6) is -0.208.